The summed E-state index contributed by atoms with van der Waals surface area (Å²) < 4.78 is 0. The first-order valence-corrected chi connectivity index (χ1v) is 8.14. The highest BCUT2D eigenvalue weighted by Crippen LogP contribution is 2.31. The smallest absolute Gasteiger partial charge is 0.270 e. The number of nitrogens with one attached hydrogen (secondary N) is 1. The summed E-state index contributed by atoms with van der Waals surface area (Å²) in [6.07, 6.45) is 2.35. The lowest BCUT2D eigenvalue weighted by Gasteiger charge is -2.10. The van der Waals surface area contributed by atoms with Crippen LogP contribution in [0.3, 0.4) is 0 Å². The second-order valence-corrected chi connectivity index (χ2v) is 6.55. The predicted molar refractivity (Wildman–Crippen MR) is 85.6 cm³/mol. The number of benzene rings is 1. The lowest BCUT2D eigenvalue weighted by atomic mass is 10.2. The van der Waals surface area contributed by atoms with E-state index in [2.05, 4.69) is 10.3 Å². The Morgan fingerprint density at radius 2 is 2.33 bits per heavy atom. The highest BCUT2D eigenvalue weighted by molar-refractivity contribution is 7.13. The lowest BCUT2D eigenvalue weighted by molar-refractivity contribution is 0.0946. The van der Waals surface area contributed by atoms with Gasteiger partial charge in [0.2, 0.25) is 0 Å². The van der Waals surface area contributed by atoms with Crippen molar-refractivity contribution >= 4 is 28.8 Å². The van der Waals surface area contributed by atoms with E-state index in [0.29, 0.717) is 23.2 Å². The second kappa shape index (κ2) is 6.13. The van der Waals surface area contributed by atoms with E-state index in [1.807, 2.05) is 24.3 Å². The monoisotopic (exact) mass is 321 g/mol. The summed E-state index contributed by atoms with van der Waals surface area (Å²) >= 11 is 7.40. The number of thiazole rings is 1. The average Bonchev–Trinajstić information content (AvgIpc) is 3.21. The molecule has 0 radical (unpaired) electrons. The number of aromatic nitrogens is 1. The number of rotatable bonds is 5. The molecule has 3 rings (SSSR count). The molecule has 0 saturated heterocycles. The summed E-state index contributed by atoms with van der Waals surface area (Å²) in [7, 11) is 0. The number of amides is 1. The normalized spacial score (nSPS) is 15.7. The van der Waals surface area contributed by atoms with Crippen molar-refractivity contribution in [1.29, 1.82) is 0 Å². The van der Waals surface area contributed by atoms with E-state index in [-0.39, 0.29) is 11.9 Å². The summed E-state index contributed by atoms with van der Waals surface area (Å²) in [6.45, 7) is 0.507. The lowest BCUT2D eigenvalue weighted by Crippen LogP contribution is -2.38. The molecule has 0 aliphatic heterocycles. The van der Waals surface area contributed by atoms with Crippen LogP contribution in [-0.4, -0.2) is 23.5 Å². The molecule has 1 aliphatic rings. The topological polar surface area (TPSA) is 68.0 Å². The van der Waals surface area contributed by atoms with E-state index in [1.54, 1.807) is 5.38 Å². The van der Waals surface area contributed by atoms with Gasteiger partial charge in [0.15, 0.2) is 0 Å². The van der Waals surface area contributed by atoms with Crippen molar-refractivity contribution in [3.05, 3.63) is 40.4 Å². The quantitative estimate of drug-likeness (QED) is 0.889. The molecule has 6 heteroatoms. The number of carbonyl (C=O) groups is 1. The first-order chi connectivity index (χ1) is 10.1. The standard InChI is InChI=1S/C15H16ClN3OS/c16-11-3-1-2-10(6-11)15-19-13(8-21-15)14(20)18-7-12(17)9-4-5-9/h1-3,6,8-9,12H,4-5,7,17H2,(H,18,20). The van der Waals surface area contributed by atoms with E-state index in [9.17, 15) is 4.79 Å². The fourth-order valence-electron chi connectivity index (χ4n) is 2.12. The van der Waals surface area contributed by atoms with Crippen LogP contribution in [0.2, 0.25) is 5.02 Å². The molecule has 1 heterocycles. The number of halogens is 1. The van der Waals surface area contributed by atoms with Gasteiger partial charge in [-0.1, -0.05) is 23.7 Å². The van der Waals surface area contributed by atoms with Crippen LogP contribution in [0.5, 0.6) is 0 Å². The number of hydrogen-bond acceptors (Lipinski definition) is 4. The maximum atomic E-state index is 12.1. The Balaban J connectivity index is 1.65. The number of carbonyl (C=O) groups excluding carboxylic acids is 1. The molecule has 0 spiro atoms. The third-order valence-electron chi connectivity index (χ3n) is 3.53. The third-order valence-corrected chi connectivity index (χ3v) is 4.66. The molecule has 21 heavy (non-hydrogen) atoms. The first-order valence-electron chi connectivity index (χ1n) is 6.89. The largest absolute Gasteiger partial charge is 0.349 e. The number of hydrogen-bond donors (Lipinski definition) is 2. The molecule has 1 saturated carbocycles. The van der Waals surface area contributed by atoms with Crippen LogP contribution >= 0.6 is 22.9 Å². The van der Waals surface area contributed by atoms with Gasteiger partial charge in [0.1, 0.15) is 10.7 Å². The summed E-state index contributed by atoms with van der Waals surface area (Å²) in [4.78, 5) is 16.4. The van der Waals surface area contributed by atoms with Gasteiger partial charge in [-0.2, -0.15) is 0 Å². The number of nitrogens with two attached hydrogens (primary N) is 1. The SMILES string of the molecule is NC(CNC(=O)c1csc(-c2cccc(Cl)c2)n1)C1CC1. The molecule has 0 bridgehead atoms. The summed E-state index contributed by atoms with van der Waals surface area (Å²) in [5.74, 6) is 0.401. The Bertz CT molecular complexity index is 654. The third kappa shape index (κ3) is 3.61. The Kier molecular flexibility index (Phi) is 4.24. The fourth-order valence-corrected chi connectivity index (χ4v) is 3.11. The van der Waals surface area contributed by atoms with Crippen molar-refractivity contribution < 1.29 is 4.79 Å². The van der Waals surface area contributed by atoms with E-state index in [0.717, 1.165) is 10.6 Å². The van der Waals surface area contributed by atoms with Gasteiger partial charge in [-0.25, -0.2) is 4.98 Å². The fraction of sp³-hybridized carbons (Fsp3) is 0.333. The van der Waals surface area contributed by atoms with Crippen molar-refractivity contribution in [3.63, 3.8) is 0 Å². The zero-order chi connectivity index (χ0) is 14.8. The average molecular weight is 322 g/mol. The Hall–Kier alpha value is -1.43. The summed E-state index contributed by atoms with van der Waals surface area (Å²) in [5, 5.41) is 6.05. The van der Waals surface area contributed by atoms with Gasteiger partial charge < -0.3 is 11.1 Å². The highest BCUT2D eigenvalue weighted by Gasteiger charge is 2.28. The minimum atomic E-state index is -0.171. The molecule has 1 amide bonds. The van der Waals surface area contributed by atoms with Crippen LogP contribution in [0.25, 0.3) is 10.6 Å². The first kappa shape index (κ1) is 14.5. The van der Waals surface area contributed by atoms with Crippen LogP contribution in [-0.2, 0) is 0 Å². The van der Waals surface area contributed by atoms with E-state index < -0.39 is 0 Å². The molecule has 110 valence electrons. The molecule has 1 unspecified atom stereocenters. The van der Waals surface area contributed by atoms with Crippen LogP contribution in [0.15, 0.2) is 29.6 Å². The van der Waals surface area contributed by atoms with E-state index >= 15 is 0 Å². The molecule has 2 aromatic rings. The Labute approximate surface area is 132 Å². The van der Waals surface area contributed by atoms with E-state index in [1.165, 1.54) is 24.2 Å². The van der Waals surface area contributed by atoms with Crippen molar-refractivity contribution in [1.82, 2.24) is 10.3 Å². The van der Waals surface area contributed by atoms with Gasteiger partial charge in [0.05, 0.1) is 0 Å². The molecule has 1 aromatic heterocycles. The number of nitrogens with zero attached hydrogens (tertiary/aromatic N) is 1. The summed E-state index contributed by atoms with van der Waals surface area (Å²) in [6, 6.07) is 7.50. The molecule has 1 aromatic carbocycles. The van der Waals surface area contributed by atoms with Crippen molar-refractivity contribution in [2.75, 3.05) is 6.54 Å². The van der Waals surface area contributed by atoms with Crippen molar-refractivity contribution in [2.45, 2.75) is 18.9 Å². The maximum Gasteiger partial charge on any atom is 0.270 e. The molecular formula is C15H16ClN3OS. The maximum absolute atomic E-state index is 12.1. The minimum Gasteiger partial charge on any atom is -0.349 e. The second-order valence-electron chi connectivity index (χ2n) is 5.26. The van der Waals surface area contributed by atoms with Gasteiger partial charge in [0.25, 0.3) is 5.91 Å². The zero-order valence-corrected chi connectivity index (χ0v) is 13.0. The highest BCUT2D eigenvalue weighted by atomic mass is 35.5. The Morgan fingerprint density at radius 1 is 1.52 bits per heavy atom. The van der Waals surface area contributed by atoms with Crippen LogP contribution in [0.4, 0.5) is 0 Å². The zero-order valence-electron chi connectivity index (χ0n) is 11.4. The van der Waals surface area contributed by atoms with Crippen LogP contribution in [0.1, 0.15) is 23.3 Å². The molecule has 1 fully saturated rings. The van der Waals surface area contributed by atoms with Gasteiger partial charge >= 0.3 is 0 Å². The van der Waals surface area contributed by atoms with Gasteiger partial charge in [0, 0.05) is 28.6 Å². The molecule has 4 nitrogen and oxygen atoms in total. The minimum absolute atomic E-state index is 0.0555. The predicted octanol–water partition coefficient (Wildman–Crippen LogP) is 2.93. The van der Waals surface area contributed by atoms with Gasteiger partial charge in [-0.05, 0) is 30.9 Å². The van der Waals surface area contributed by atoms with Crippen LogP contribution < -0.4 is 11.1 Å². The Morgan fingerprint density at radius 3 is 3.05 bits per heavy atom. The molecule has 1 aliphatic carbocycles. The van der Waals surface area contributed by atoms with Crippen molar-refractivity contribution in [3.8, 4) is 10.6 Å². The molecule has 1 atom stereocenters. The molecule has 3 N–H and O–H groups in total. The molecular weight excluding hydrogens is 306 g/mol. The van der Waals surface area contributed by atoms with Crippen molar-refractivity contribution in [2.24, 2.45) is 11.7 Å². The van der Waals surface area contributed by atoms with Crippen LogP contribution in [0, 0.1) is 5.92 Å². The van der Waals surface area contributed by atoms with E-state index in [4.69, 9.17) is 17.3 Å². The van der Waals surface area contributed by atoms with Gasteiger partial charge in [-0.3, -0.25) is 4.79 Å². The summed E-state index contributed by atoms with van der Waals surface area (Å²) in [5.41, 5.74) is 7.32. The van der Waals surface area contributed by atoms with Gasteiger partial charge in [-0.15, -0.1) is 11.3 Å².